The van der Waals surface area contributed by atoms with E-state index in [1.165, 1.54) is 0 Å². The maximum atomic E-state index is 11.0. The van der Waals surface area contributed by atoms with Crippen molar-refractivity contribution in [1.82, 2.24) is 4.90 Å². The Morgan fingerprint density at radius 3 is 2.36 bits per heavy atom. The Kier molecular flexibility index (Phi) is 3.53. The summed E-state index contributed by atoms with van der Waals surface area (Å²) in [6.07, 6.45) is 3.68. The molecule has 0 heterocycles. The fourth-order valence-corrected chi connectivity index (χ4v) is 2.15. The van der Waals surface area contributed by atoms with E-state index in [1.807, 2.05) is 6.92 Å². The third kappa shape index (κ3) is 2.27. The number of nitrogens with zero attached hydrogens (tertiary/aromatic N) is 1. The number of hydrogen-bond acceptors (Lipinski definition) is 2. The number of aliphatic carboxylic acids is 1. The van der Waals surface area contributed by atoms with Gasteiger partial charge in [0, 0.05) is 6.04 Å². The molecule has 1 aliphatic rings. The molecule has 0 saturated heterocycles. The van der Waals surface area contributed by atoms with E-state index in [4.69, 9.17) is 5.11 Å². The van der Waals surface area contributed by atoms with E-state index in [0.717, 1.165) is 32.2 Å². The molecule has 82 valence electrons. The predicted molar refractivity (Wildman–Crippen MR) is 56.3 cm³/mol. The Balaban J connectivity index is 2.49. The predicted octanol–water partition coefficient (Wildman–Crippen LogP) is 1.97. The lowest BCUT2D eigenvalue weighted by molar-refractivity contribution is -0.150. The lowest BCUT2D eigenvalue weighted by Gasteiger charge is -2.37. The molecule has 0 bridgehead atoms. The minimum atomic E-state index is -0.630. The smallest absolute Gasteiger partial charge is 0.309 e. The van der Waals surface area contributed by atoms with Crippen LogP contribution in [-0.2, 0) is 4.79 Å². The molecule has 0 radical (unpaired) electrons. The Morgan fingerprint density at radius 2 is 2.00 bits per heavy atom. The zero-order chi connectivity index (χ0) is 10.8. The Labute approximate surface area is 86.1 Å². The van der Waals surface area contributed by atoms with Gasteiger partial charge in [-0.1, -0.05) is 6.92 Å². The summed E-state index contributed by atoms with van der Waals surface area (Å²) in [5.41, 5.74) is -0.467. The lowest BCUT2D eigenvalue weighted by atomic mass is 9.74. The van der Waals surface area contributed by atoms with Gasteiger partial charge in [0.15, 0.2) is 0 Å². The van der Waals surface area contributed by atoms with Crippen molar-refractivity contribution in [2.24, 2.45) is 5.41 Å². The monoisotopic (exact) mass is 199 g/mol. The molecule has 1 aliphatic carbocycles. The maximum Gasteiger partial charge on any atom is 0.309 e. The Bertz CT molecular complexity index is 207. The van der Waals surface area contributed by atoms with Gasteiger partial charge in [-0.25, -0.2) is 0 Å². The van der Waals surface area contributed by atoms with Crippen molar-refractivity contribution < 1.29 is 9.90 Å². The normalized spacial score (nSPS) is 33.3. The van der Waals surface area contributed by atoms with Crippen molar-refractivity contribution in [2.75, 3.05) is 13.6 Å². The Hall–Kier alpha value is -0.570. The largest absolute Gasteiger partial charge is 0.481 e. The first-order valence-electron chi connectivity index (χ1n) is 5.43. The molecule has 0 atom stereocenters. The van der Waals surface area contributed by atoms with E-state index in [9.17, 15) is 4.79 Å². The van der Waals surface area contributed by atoms with Crippen molar-refractivity contribution in [3.05, 3.63) is 0 Å². The highest BCUT2D eigenvalue weighted by molar-refractivity contribution is 5.74. The zero-order valence-electron chi connectivity index (χ0n) is 9.42. The number of carboxylic acid groups (broad SMARTS) is 1. The molecule has 0 aliphatic heterocycles. The highest BCUT2D eigenvalue weighted by atomic mass is 16.4. The first-order valence-corrected chi connectivity index (χ1v) is 5.43. The van der Waals surface area contributed by atoms with E-state index in [0.29, 0.717) is 6.04 Å². The van der Waals surface area contributed by atoms with Gasteiger partial charge in [-0.05, 0) is 46.2 Å². The number of rotatable bonds is 3. The third-order valence-electron chi connectivity index (χ3n) is 3.70. The maximum absolute atomic E-state index is 11.0. The van der Waals surface area contributed by atoms with Crippen molar-refractivity contribution >= 4 is 5.97 Å². The van der Waals surface area contributed by atoms with Crippen LogP contribution in [0.25, 0.3) is 0 Å². The van der Waals surface area contributed by atoms with Crippen molar-refractivity contribution in [2.45, 2.75) is 45.6 Å². The van der Waals surface area contributed by atoms with Crippen LogP contribution in [-0.4, -0.2) is 35.6 Å². The average Bonchev–Trinajstić information content (AvgIpc) is 2.17. The van der Waals surface area contributed by atoms with Gasteiger partial charge < -0.3 is 10.0 Å². The van der Waals surface area contributed by atoms with E-state index < -0.39 is 11.4 Å². The van der Waals surface area contributed by atoms with Crippen LogP contribution >= 0.6 is 0 Å². The molecule has 1 saturated carbocycles. The topological polar surface area (TPSA) is 40.5 Å². The van der Waals surface area contributed by atoms with Gasteiger partial charge >= 0.3 is 5.97 Å². The molecule has 0 spiro atoms. The molecule has 14 heavy (non-hydrogen) atoms. The van der Waals surface area contributed by atoms with Crippen molar-refractivity contribution in [1.29, 1.82) is 0 Å². The molecule has 1 N–H and O–H groups in total. The summed E-state index contributed by atoms with van der Waals surface area (Å²) in [6, 6.07) is 0.590. The fraction of sp³-hybridized carbons (Fsp3) is 0.909. The summed E-state index contributed by atoms with van der Waals surface area (Å²) in [6.45, 7) is 5.07. The molecule has 0 aromatic rings. The van der Waals surface area contributed by atoms with Gasteiger partial charge in [0.2, 0.25) is 0 Å². The standard InChI is InChI=1S/C11H21NO2/c1-4-12(3)9-5-7-11(2,8-6-9)10(13)14/h9H,4-8H2,1-3H3,(H,13,14). The molecule has 0 aromatic carbocycles. The Morgan fingerprint density at radius 1 is 1.50 bits per heavy atom. The molecular weight excluding hydrogens is 178 g/mol. The highest BCUT2D eigenvalue weighted by Gasteiger charge is 2.38. The van der Waals surface area contributed by atoms with Crippen molar-refractivity contribution in [3.8, 4) is 0 Å². The molecule has 1 fully saturated rings. The van der Waals surface area contributed by atoms with E-state index >= 15 is 0 Å². The minimum absolute atomic E-state index is 0.467. The molecule has 0 aromatic heterocycles. The van der Waals surface area contributed by atoms with Crippen LogP contribution < -0.4 is 0 Å². The van der Waals surface area contributed by atoms with E-state index in [2.05, 4.69) is 18.9 Å². The summed E-state index contributed by atoms with van der Waals surface area (Å²) in [4.78, 5) is 13.3. The first kappa shape index (κ1) is 11.5. The highest BCUT2D eigenvalue weighted by Crippen LogP contribution is 2.37. The molecular formula is C11H21NO2. The van der Waals surface area contributed by atoms with Crippen LogP contribution in [0.4, 0.5) is 0 Å². The third-order valence-corrected chi connectivity index (χ3v) is 3.70. The van der Waals surface area contributed by atoms with Crippen LogP contribution in [0.15, 0.2) is 0 Å². The second-order valence-corrected chi connectivity index (χ2v) is 4.67. The molecule has 3 heteroatoms. The van der Waals surface area contributed by atoms with Gasteiger partial charge in [-0.2, -0.15) is 0 Å². The summed E-state index contributed by atoms with van der Waals surface area (Å²) in [5, 5.41) is 9.07. The number of hydrogen-bond donors (Lipinski definition) is 1. The fourth-order valence-electron chi connectivity index (χ4n) is 2.15. The second kappa shape index (κ2) is 4.30. The van der Waals surface area contributed by atoms with Crippen LogP contribution in [0.5, 0.6) is 0 Å². The number of carboxylic acids is 1. The molecule has 3 nitrogen and oxygen atoms in total. The molecule has 0 amide bonds. The summed E-state index contributed by atoms with van der Waals surface area (Å²) < 4.78 is 0. The van der Waals surface area contributed by atoms with Gasteiger partial charge in [0.05, 0.1) is 5.41 Å². The van der Waals surface area contributed by atoms with Gasteiger partial charge in [-0.15, -0.1) is 0 Å². The van der Waals surface area contributed by atoms with Crippen LogP contribution in [0.3, 0.4) is 0 Å². The molecule has 0 unspecified atom stereocenters. The zero-order valence-corrected chi connectivity index (χ0v) is 9.42. The van der Waals surface area contributed by atoms with E-state index in [-0.39, 0.29) is 0 Å². The lowest BCUT2D eigenvalue weighted by Crippen LogP contribution is -2.40. The van der Waals surface area contributed by atoms with Crippen LogP contribution in [0.1, 0.15) is 39.5 Å². The molecule has 1 rings (SSSR count). The average molecular weight is 199 g/mol. The van der Waals surface area contributed by atoms with Gasteiger partial charge in [-0.3, -0.25) is 4.79 Å². The van der Waals surface area contributed by atoms with Gasteiger partial charge in [0.1, 0.15) is 0 Å². The van der Waals surface area contributed by atoms with Crippen molar-refractivity contribution in [3.63, 3.8) is 0 Å². The second-order valence-electron chi connectivity index (χ2n) is 4.67. The van der Waals surface area contributed by atoms with Crippen LogP contribution in [0.2, 0.25) is 0 Å². The number of carbonyl (C=O) groups is 1. The SMILES string of the molecule is CCN(C)C1CCC(C)(C(=O)O)CC1. The minimum Gasteiger partial charge on any atom is -0.481 e. The first-order chi connectivity index (χ1) is 6.49. The quantitative estimate of drug-likeness (QED) is 0.755. The summed E-state index contributed by atoms with van der Waals surface area (Å²) >= 11 is 0. The van der Waals surface area contributed by atoms with Gasteiger partial charge in [0.25, 0.3) is 0 Å². The summed E-state index contributed by atoms with van der Waals surface area (Å²) in [5.74, 6) is -0.630. The van der Waals surface area contributed by atoms with E-state index in [1.54, 1.807) is 0 Å². The summed E-state index contributed by atoms with van der Waals surface area (Å²) in [7, 11) is 2.12. The van der Waals surface area contributed by atoms with Crippen LogP contribution in [0, 0.1) is 5.41 Å².